The molecule has 1 aliphatic heterocycles. The molecule has 1 atom stereocenters. The minimum Gasteiger partial charge on any atom is -0.371 e. The molecule has 1 aromatic heterocycles. The lowest BCUT2D eigenvalue weighted by molar-refractivity contribution is -0.140. The summed E-state index contributed by atoms with van der Waals surface area (Å²) >= 11 is 0. The van der Waals surface area contributed by atoms with Gasteiger partial charge in [-0.05, 0) is 23.8 Å². The molecule has 2 aromatic rings. The lowest BCUT2D eigenvalue weighted by Gasteiger charge is -2.34. The molecule has 0 spiro atoms. The van der Waals surface area contributed by atoms with Crippen LogP contribution >= 0.6 is 0 Å². The van der Waals surface area contributed by atoms with Crippen molar-refractivity contribution in [1.82, 2.24) is 9.88 Å². The Bertz CT molecular complexity index is 646. The fraction of sp³-hybridized carbons (Fsp3) is 0.353. The van der Waals surface area contributed by atoms with Crippen molar-refractivity contribution in [3.8, 4) is 0 Å². The topological polar surface area (TPSA) is 25.4 Å². The van der Waals surface area contributed by atoms with Crippen molar-refractivity contribution in [3.05, 3.63) is 65.5 Å². The van der Waals surface area contributed by atoms with Crippen LogP contribution < -0.4 is 0 Å². The molecule has 1 unspecified atom stereocenters. The molecule has 122 valence electrons. The molecule has 1 aliphatic rings. The number of ether oxygens (including phenoxy) is 1. The second-order valence-electron chi connectivity index (χ2n) is 5.50. The first-order valence-corrected chi connectivity index (χ1v) is 7.44. The smallest absolute Gasteiger partial charge is 0.371 e. The lowest BCUT2D eigenvalue weighted by atomic mass is 10.0. The molecule has 1 aromatic carbocycles. The van der Waals surface area contributed by atoms with E-state index in [0.29, 0.717) is 26.2 Å². The van der Waals surface area contributed by atoms with Gasteiger partial charge in [-0.3, -0.25) is 9.88 Å². The fourth-order valence-electron chi connectivity index (χ4n) is 2.79. The van der Waals surface area contributed by atoms with Gasteiger partial charge in [0.15, 0.2) is 0 Å². The molecule has 3 nitrogen and oxygen atoms in total. The average Bonchev–Trinajstić information content (AvgIpc) is 2.55. The van der Waals surface area contributed by atoms with E-state index in [-0.39, 0.29) is 5.56 Å². The Morgan fingerprint density at radius 3 is 2.65 bits per heavy atom. The maximum atomic E-state index is 13.2. The van der Waals surface area contributed by atoms with E-state index in [0.717, 1.165) is 11.8 Å². The number of nitrogens with zero attached hydrogens (tertiary/aromatic N) is 2. The van der Waals surface area contributed by atoms with Crippen LogP contribution in [0.2, 0.25) is 0 Å². The van der Waals surface area contributed by atoms with E-state index >= 15 is 0 Å². The van der Waals surface area contributed by atoms with Crippen LogP contribution in [0.4, 0.5) is 13.2 Å². The number of alkyl halides is 3. The van der Waals surface area contributed by atoms with Gasteiger partial charge in [0.1, 0.15) is 0 Å². The number of halogens is 3. The van der Waals surface area contributed by atoms with Crippen LogP contribution in [-0.2, 0) is 17.5 Å². The lowest BCUT2D eigenvalue weighted by Crippen LogP contribution is -2.38. The van der Waals surface area contributed by atoms with Crippen molar-refractivity contribution in [3.63, 3.8) is 0 Å². The minimum atomic E-state index is -4.37. The first-order valence-electron chi connectivity index (χ1n) is 7.44. The molecule has 1 fully saturated rings. The SMILES string of the molecule is FC(F)(F)c1ccccc1C1CN(Cc2ccccn2)CCO1. The van der Waals surface area contributed by atoms with Gasteiger partial charge in [0, 0.05) is 25.8 Å². The standard InChI is InChI=1S/C17H17F3N2O/c18-17(19,20)15-7-2-1-6-14(15)16-12-22(9-10-23-16)11-13-5-3-4-8-21-13/h1-8,16H,9-12H2. The third-order valence-corrected chi connectivity index (χ3v) is 3.88. The fourth-order valence-corrected chi connectivity index (χ4v) is 2.79. The highest BCUT2D eigenvalue weighted by Gasteiger charge is 2.36. The van der Waals surface area contributed by atoms with Gasteiger partial charge in [-0.15, -0.1) is 0 Å². The highest BCUT2D eigenvalue weighted by Crippen LogP contribution is 2.36. The summed E-state index contributed by atoms with van der Waals surface area (Å²) in [6.45, 7) is 2.11. The summed E-state index contributed by atoms with van der Waals surface area (Å²) in [5.41, 5.74) is 0.479. The molecule has 6 heteroatoms. The van der Waals surface area contributed by atoms with Crippen LogP contribution in [0.1, 0.15) is 22.9 Å². The van der Waals surface area contributed by atoms with Gasteiger partial charge in [0.05, 0.1) is 24.0 Å². The van der Waals surface area contributed by atoms with Gasteiger partial charge in [-0.1, -0.05) is 24.3 Å². The van der Waals surface area contributed by atoms with E-state index in [1.165, 1.54) is 12.1 Å². The maximum absolute atomic E-state index is 13.2. The monoisotopic (exact) mass is 322 g/mol. The summed E-state index contributed by atoms with van der Waals surface area (Å²) < 4.78 is 45.1. The van der Waals surface area contributed by atoms with E-state index in [9.17, 15) is 13.2 Å². The van der Waals surface area contributed by atoms with Gasteiger partial charge in [0.25, 0.3) is 0 Å². The Morgan fingerprint density at radius 1 is 1.13 bits per heavy atom. The molecule has 0 aliphatic carbocycles. The molecule has 0 N–H and O–H groups in total. The normalized spacial score (nSPS) is 19.7. The Balaban J connectivity index is 1.77. The number of benzene rings is 1. The quantitative estimate of drug-likeness (QED) is 0.862. The second kappa shape index (κ2) is 6.68. The van der Waals surface area contributed by atoms with Gasteiger partial charge in [-0.25, -0.2) is 0 Å². The Morgan fingerprint density at radius 2 is 1.91 bits per heavy atom. The van der Waals surface area contributed by atoms with Crippen LogP contribution in [0.3, 0.4) is 0 Å². The van der Waals surface area contributed by atoms with Gasteiger partial charge >= 0.3 is 6.18 Å². The highest BCUT2D eigenvalue weighted by molar-refractivity contribution is 5.32. The predicted molar refractivity (Wildman–Crippen MR) is 79.7 cm³/mol. The van der Waals surface area contributed by atoms with E-state index in [2.05, 4.69) is 9.88 Å². The molecule has 23 heavy (non-hydrogen) atoms. The van der Waals surface area contributed by atoms with Crippen molar-refractivity contribution < 1.29 is 17.9 Å². The molecule has 2 heterocycles. The molecular weight excluding hydrogens is 305 g/mol. The van der Waals surface area contributed by atoms with Crippen molar-refractivity contribution in [2.24, 2.45) is 0 Å². The molecule has 0 bridgehead atoms. The zero-order valence-corrected chi connectivity index (χ0v) is 12.5. The molecule has 0 saturated carbocycles. The van der Waals surface area contributed by atoms with E-state index < -0.39 is 17.8 Å². The van der Waals surface area contributed by atoms with Crippen LogP contribution in [-0.4, -0.2) is 29.6 Å². The molecule has 1 saturated heterocycles. The van der Waals surface area contributed by atoms with E-state index in [1.807, 2.05) is 18.2 Å². The first kappa shape index (κ1) is 16.0. The summed E-state index contributed by atoms with van der Waals surface area (Å²) in [7, 11) is 0. The number of morpholine rings is 1. The number of hydrogen-bond acceptors (Lipinski definition) is 3. The summed E-state index contributed by atoms with van der Waals surface area (Å²) in [4.78, 5) is 6.34. The number of rotatable bonds is 3. The summed E-state index contributed by atoms with van der Waals surface area (Å²) in [6.07, 6.45) is -3.24. The zero-order chi connectivity index (χ0) is 16.3. The number of aromatic nitrogens is 1. The van der Waals surface area contributed by atoms with Crippen LogP contribution in [0, 0.1) is 0 Å². The van der Waals surface area contributed by atoms with Crippen molar-refractivity contribution >= 4 is 0 Å². The van der Waals surface area contributed by atoms with Gasteiger partial charge in [-0.2, -0.15) is 13.2 Å². The predicted octanol–water partition coefficient (Wildman–Crippen LogP) is 3.67. The van der Waals surface area contributed by atoms with Gasteiger partial charge in [0.2, 0.25) is 0 Å². The number of pyridine rings is 1. The third kappa shape index (κ3) is 3.89. The van der Waals surface area contributed by atoms with Crippen LogP contribution in [0.15, 0.2) is 48.7 Å². The van der Waals surface area contributed by atoms with Crippen molar-refractivity contribution in [2.75, 3.05) is 19.7 Å². The summed E-state index contributed by atoms with van der Waals surface area (Å²) in [5, 5.41) is 0. The Labute approximate surface area is 132 Å². The summed E-state index contributed by atoms with van der Waals surface area (Å²) in [6, 6.07) is 11.3. The highest BCUT2D eigenvalue weighted by atomic mass is 19.4. The van der Waals surface area contributed by atoms with Crippen LogP contribution in [0.25, 0.3) is 0 Å². The first-order chi connectivity index (χ1) is 11.0. The molecule has 0 amide bonds. The second-order valence-corrected chi connectivity index (χ2v) is 5.50. The minimum absolute atomic E-state index is 0.200. The number of hydrogen-bond donors (Lipinski definition) is 0. The van der Waals surface area contributed by atoms with E-state index in [4.69, 9.17) is 4.74 Å². The Kier molecular flexibility index (Phi) is 4.63. The van der Waals surface area contributed by atoms with Crippen molar-refractivity contribution in [1.29, 1.82) is 0 Å². The zero-order valence-electron chi connectivity index (χ0n) is 12.5. The molecule has 0 radical (unpaired) electrons. The summed E-state index contributed by atoms with van der Waals surface area (Å²) in [5.74, 6) is 0. The van der Waals surface area contributed by atoms with Crippen molar-refractivity contribution in [2.45, 2.75) is 18.8 Å². The average molecular weight is 322 g/mol. The third-order valence-electron chi connectivity index (χ3n) is 3.88. The largest absolute Gasteiger partial charge is 0.416 e. The molecular formula is C17H17F3N2O. The maximum Gasteiger partial charge on any atom is 0.416 e. The Hall–Kier alpha value is -1.92. The van der Waals surface area contributed by atoms with E-state index in [1.54, 1.807) is 12.3 Å². The molecule has 3 rings (SSSR count). The van der Waals surface area contributed by atoms with Crippen LogP contribution in [0.5, 0.6) is 0 Å². The van der Waals surface area contributed by atoms with Gasteiger partial charge < -0.3 is 4.74 Å².